The van der Waals surface area contributed by atoms with Gasteiger partial charge in [-0.3, -0.25) is 4.79 Å². The zero-order valence-corrected chi connectivity index (χ0v) is 12.3. The number of hydrogen-bond acceptors (Lipinski definition) is 3. The molecule has 1 fully saturated rings. The van der Waals surface area contributed by atoms with Crippen LogP contribution in [0.15, 0.2) is 5.16 Å². The van der Waals surface area contributed by atoms with E-state index >= 15 is 0 Å². The average molecular weight is 269 g/mol. The summed E-state index contributed by atoms with van der Waals surface area (Å²) in [6.07, 6.45) is 5.93. The molecule has 1 aliphatic carbocycles. The number of nitrogens with one attached hydrogen (secondary N) is 1. The fourth-order valence-electron chi connectivity index (χ4n) is 2.81. The van der Waals surface area contributed by atoms with E-state index in [9.17, 15) is 4.79 Å². The molecule has 1 saturated carbocycles. The van der Waals surface area contributed by atoms with Gasteiger partial charge >= 0.3 is 0 Å². The second kappa shape index (κ2) is 6.78. The molecule has 0 saturated heterocycles. The second-order valence-electron chi connectivity index (χ2n) is 6.16. The smallest absolute Gasteiger partial charge is 0.231 e. The Labute approximate surface area is 115 Å². The van der Waals surface area contributed by atoms with E-state index in [1.54, 1.807) is 0 Å². The van der Waals surface area contributed by atoms with Crippen molar-refractivity contribution in [3.8, 4) is 0 Å². The molecule has 0 heterocycles. The van der Waals surface area contributed by atoms with E-state index in [1.165, 1.54) is 6.42 Å². The number of nitrogens with zero attached hydrogens (tertiary/aromatic N) is 1. The molecular weight excluding hydrogens is 242 g/mol. The van der Waals surface area contributed by atoms with Gasteiger partial charge in [0.05, 0.1) is 5.92 Å². The minimum absolute atomic E-state index is 0.00738. The number of rotatable bonds is 5. The Bertz CT molecular complexity index is 340. The summed E-state index contributed by atoms with van der Waals surface area (Å²) in [7, 11) is 0. The molecule has 19 heavy (non-hydrogen) atoms. The predicted octanol–water partition coefficient (Wildman–Crippen LogP) is 2.23. The number of hydrogen-bond donors (Lipinski definition) is 3. The largest absolute Gasteiger partial charge is 0.409 e. The summed E-state index contributed by atoms with van der Waals surface area (Å²) in [6, 6.07) is 0.180. The third kappa shape index (κ3) is 4.11. The molecule has 0 aromatic rings. The van der Waals surface area contributed by atoms with Crippen molar-refractivity contribution in [3.63, 3.8) is 0 Å². The minimum atomic E-state index is -0.521. The lowest BCUT2D eigenvalue weighted by Crippen LogP contribution is -2.50. The van der Waals surface area contributed by atoms with Gasteiger partial charge in [-0.25, -0.2) is 0 Å². The van der Waals surface area contributed by atoms with Crippen molar-refractivity contribution in [3.05, 3.63) is 0 Å². The van der Waals surface area contributed by atoms with Gasteiger partial charge in [0.15, 0.2) is 5.84 Å². The number of oxime groups is 1. The summed E-state index contributed by atoms with van der Waals surface area (Å²) in [4.78, 5) is 12.3. The number of amidine groups is 1. The predicted molar refractivity (Wildman–Crippen MR) is 76.0 cm³/mol. The molecule has 1 rings (SSSR count). The molecule has 2 unspecified atom stereocenters. The van der Waals surface area contributed by atoms with Crippen LogP contribution in [0, 0.1) is 11.3 Å². The van der Waals surface area contributed by atoms with Crippen molar-refractivity contribution in [2.24, 2.45) is 22.2 Å². The van der Waals surface area contributed by atoms with Gasteiger partial charge in [-0.2, -0.15) is 0 Å². The quantitative estimate of drug-likeness (QED) is 0.309. The van der Waals surface area contributed by atoms with E-state index in [-0.39, 0.29) is 23.2 Å². The third-order valence-electron chi connectivity index (χ3n) is 4.19. The Morgan fingerprint density at radius 3 is 2.74 bits per heavy atom. The maximum atomic E-state index is 12.3. The van der Waals surface area contributed by atoms with Crippen LogP contribution in [0.4, 0.5) is 0 Å². The Morgan fingerprint density at radius 1 is 1.53 bits per heavy atom. The minimum Gasteiger partial charge on any atom is -0.409 e. The molecule has 0 spiro atoms. The molecule has 110 valence electrons. The van der Waals surface area contributed by atoms with Crippen molar-refractivity contribution < 1.29 is 10.0 Å². The van der Waals surface area contributed by atoms with E-state index < -0.39 is 5.92 Å². The van der Waals surface area contributed by atoms with Gasteiger partial charge in [0.2, 0.25) is 5.91 Å². The first-order valence-electron chi connectivity index (χ1n) is 7.20. The van der Waals surface area contributed by atoms with E-state index in [1.807, 2.05) is 6.92 Å². The summed E-state index contributed by atoms with van der Waals surface area (Å²) in [6.45, 7) is 6.36. The first-order valence-corrected chi connectivity index (χ1v) is 7.20. The van der Waals surface area contributed by atoms with Crippen molar-refractivity contribution in [1.29, 1.82) is 0 Å². The standard InChI is InChI=1S/C14H27N3O2/c1-4-7-10(12(15)17-19)13(18)16-11-8-5-6-9-14(11,2)3/h10-11,19H,4-9H2,1-3H3,(H2,15,17)(H,16,18). The van der Waals surface area contributed by atoms with Gasteiger partial charge in [0, 0.05) is 6.04 Å². The fraction of sp³-hybridized carbons (Fsp3) is 0.857. The van der Waals surface area contributed by atoms with Gasteiger partial charge in [-0.05, 0) is 24.7 Å². The van der Waals surface area contributed by atoms with Crippen molar-refractivity contribution in [2.75, 3.05) is 0 Å². The molecule has 0 aliphatic heterocycles. The van der Waals surface area contributed by atoms with Crippen LogP contribution in [0.25, 0.3) is 0 Å². The number of carbonyl (C=O) groups is 1. The number of amides is 1. The van der Waals surface area contributed by atoms with E-state index in [4.69, 9.17) is 10.9 Å². The highest BCUT2D eigenvalue weighted by Crippen LogP contribution is 2.35. The lowest BCUT2D eigenvalue weighted by Gasteiger charge is -2.39. The highest BCUT2D eigenvalue weighted by atomic mass is 16.4. The first kappa shape index (κ1) is 15.8. The maximum Gasteiger partial charge on any atom is 0.231 e. The second-order valence-corrected chi connectivity index (χ2v) is 6.16. The highest BCUT2D eigenvalue weighted by Gasteiger charge is 2.35. The van der Waals surface area contributed by atoms with Crippen LogP contribution in [-0.4, -0.2) is 23.0 Å². The number of carbonyl (C=O) groups excluding carboxylic acids is 1. The van der Waals surface area contributed by atoms with E-state index in [2.05, 4.69) is 24.3 Å². The molecule has 0 aromatic heterocycles. The van der Waals surface area contributed by atoms with Crippen LogP contribution >= 0.6 is 0 Å². The monoisotopic (exact) mass is 269 g/mol. The summed E-state index contributed by atoms with van der Waals surface area (Å²) in [5, 5.41) is 14.9. The molecule has 4 N–H and O–H groups in total. The Hall–Kier alpha value is -1.26. The summed E-state index contributed by atoms with van der Waals surface area (Å²) >= 11 is 0. The topological polar surface area (TPSA) is 87.7 Å². The van der Waals surface area contributed by atoms with Crippen molar-refractivity contribution in [2.45, 2.75) is 65.3 Å². The Morgan fingerprint density at radius 2 is 2.21 bits per heavy atom. The lowest BCUT2D eigenvalue weighted by molar-refractivity contribution is -0.125. The van der Waals surface area contributed by atoms with Gasteiger partial charge in [0.25, 0.3) is 0 Å². The molecule has 0 aromatic carbocycles. The Balaban J connectivity index is 2.70. The van der Waals surface area contributed by atoms with Crippen molar-refractivity contribution in [1.82, 2.24) is 5.32 Å². The Kier molecular flexibility index (Phi) is 5.63. The van der Waals surface area contributed by atoms with E-state index in [0.717, 1.165) is 25.7 Å². The van der Waals surface area contributed by atoms with Gasteiger partial charge in [0.1, 0.15) is 0 Å². The van der Waals surface area contributed by atoms with Gasteiger partial charge in [-0.15, -0.1) is 0 Å². The normalized spacial score (nSPS) is 24.8. The average Bonchev–Trinajstić information content (AvgIpc) is 2.37. The molecule has 1 aliphatic rings. The lowest BCUT2D eigenvalue weighted by atomic mass is 9.73. The van der Waals surface area contributed by atoms with Crippen LogP contribution < -0.4 is 11.1 Å². The molecule has 0 bridgehead atoms. The number of nitrogens with two attached hydrogens (primary N) is 1. The van der Waals surface area contributed by atoms with Crippen molar-refractivity contribution >= 4 is 11.7 Å². The first-order chi connectivity index (χ1) is 8.92. The summed E-state index contributed by atoms with van der Waals surface area (Å²) < 4.78 is 0. The van der Waals surface area contributed by atoms with Crippen LogP contribution in [0.5, 0.6) is 0 Å². The maximum absolute atomic E-state index is 12.3. The third-order valence-corrected chi connectivity index (χ3v) is 4.19. The van der Waals surface area contributed by atoms with Crippen LogP contribution in [-0.2, 0) is 4.79 Å². The zero-order chi connectivity index (χ0) is 14.5. The SMILES string of the molecule is CCCC(C(=O)NC1CCCCC1(C)C)C(N)=NO. The summed E-state index contributed by atoms with van der Waals surface area (Å²) in [5.41, 5.74) is 5.74. The summed E-state index contributed by atoms with van der Waals surface area (Å²) in [5.74, 6) is -0.627. The van der Waals surface area contributed by atoms with Crippen LogP contribution in [0.2, 0.25) is 0 Å². The molecule has 2 atom stereocenters. The molecule has 1 amide bonds. The van der Waals surface area contributed by atoms with Gasteiger partial charge in [-0.1, -0.05) is 45.2 Å². The molecular formula is C14H27N3O2. The highest BCUT2D eigenvalue weighted by molar-refractivity contribution is 6.02. The molecule has 5 heteroatoms. The zero-order valence-electron chi connectivity index (χ0n) is 12.3. The molecule has 5 nitrogen and oxygen atoms in total. The fourth-order valence-corrected chi connectivity index (χ4v) is 2.81. The van der Waals surface area contributed by atoms with Crippen LogP contribution in [0.1, 0.15) is 59.3 Å². The van der Waals surface area contributed by atoms with E-state index in [0.29, 0.717) is 6.42 Å². The van der Waals surface area contributed by atoms with Gasteiger partial charge < -0.3 is 16.3 Å². The van der Waals surface area contributed by atoms with Crippen LogP contribution in [0.3, 0.4) is 0 Å². The molecule has 0 radical (unpaired) electrons.